The smallest absolute Gasteiger partial charge is 0.266 e. The molecule has 0 radical (unpaired) electrons. The van der Waals surface area contributed by atoms with Gasteiger partial charge in [-0.1, -0.05) is 84.6 Å². The van der Waals surface area contributed by atoms with Gasteiger partial charge in [0.05, 0.1) is 27.9 Å². The van der Waals surface area contributed by atoms with Crippen molar-refractivity contribution in [1.82, 2.24) is 23.6 Å². The third-order valence-electron chi connectivity index (χ3n) is 11.7. The minimum Gasteiger partial charge on any atom is -0.379 e. The van der Waals surface area contributed by atoms with Crippen molar-refractivity contribution in [3.8, 4) is 0 Å². The van der Waals surface area contributed by atoms with E-state index in [0.717, 1.165) is 85.4 Å². The summed E-state index contributed by atoms with van der Waals surface area (Å²) in [6.45, 7) is 2.04. The second-order valence-electron chi connectivity index (χ2n) is 15.6. The van der Waals surface area contributed by atoms with E-state index >= 15 is 0 Å². The minimum atomic E-state index is -0.357. The lowest BCUT2D eigenvalue weighted by atomic mass is 9.95. The number of carbonyl (C=O) groups excluding carboxylic acids is 4. The van der Waals surface area contributed by atoms with Gasteiger partial charge in [0.15, 0.2) is 5.17 Å². The average Bonchev–Trinajstić information content (AvgIpc) is 4.12. The van der Waals surface area contributed by atoms with E-state index in [4.69, 9.17) is 16.9 Å². The van der Waals surface area contributed by atoms with Gasteiger partial charge in [-0.15, -0.1) is 0 Å². The Balaban J connectivity index is 0.000000161. The quantitative estimate of drug-likeness (QED) is 0.0462. The fourth-order valence-corrected chi connectivity index (χ4v) is 9.35. The van der Waals surface area contributed by atoms with Gasteiger partial charge in [0.25, 0.3) is 23.6 Å². The molecule has 13 nitrogen and oxygen atoms in total. The molecule has 4 aromatic carbocycles. The number of hydrogen-bond acceptors (Lipinski definition) is 7. The van der Waals surface area contributed by atoms with Gasteiger partial charge < -0.3 is 29.7 Å². The van der Waals surface area contributed by atoms with Crippen LogP contribution in [0.5, 0.6) is 0 Å². The largest absolute Gasteiger partial charge is 0.379 e. The molecule has 4 amide bonds. The standard InChI is InChI=1S/C25H23N5O2S.C24H22N4O2/c1-28-14-19(16-7-2-4-9-20(16)28)18-13-23(31)30(24(18)32)22-15-29(11-6-12-33-25(26)27)21-10-5-3-8-17(21)22;1-27-13-17(15-7-2-4-9-19(15)27)21-22(24(30)26-23(21)29)18-14-28(12-6-11-25)20-10-5-3-8-16(18)20/h2-5,7-10,13-15H,6,11-12H2,1H3,(H3,26,27);2-5,7-10,13-14H,6,11-12,25H2,1H3,(H,26,29,30). The zero-order valence-corrected chi connectivity index (χ0v) is 35.6. The monoisotopic (exact) mass is 855 g/mol. The fraction of sp³-hybridized carbons (Fsp3) is 0.163. The summed E-state index contributed by atoms with van der Waals surface area (Å²) in [5.41, 5.74) is 19.3. The molecule has 10 rings (SSSR count). The van der Waals surface area contributed by atoms with Gasteiger partial charge in [-0.3, -0.25) is 29.9 Å². The Labute approximate surface area is 366 Å². The summed E-state index contributed by atoms with van der Waals surface area (Å²) < 4.78 is 8.12. The summed E-state index contributed by atoms with van der Waals surface area (Å²) >= 11 is 1.31. The summed E-state index contributed by atoms with van der Waals surface area (Å²) in [5, 5.41) is 13.7. The molecule has 0 fully saturated rings. The van der Waals surface area contributed by atoms with Gasteiger partial charge in [0.1, 0.15) is 0 Å². The maximum Gasteiger partial charge on any atom is 0.266 e. The molecule has 0 saturated heterocycles. The number of para-hydroxylation sites is 4. The fourth-order valence-electron chi connectivity index (χ4n) is 8.86. The first-order chi connectivity index (χ1) is 30.5. The van der Waals surface area contributed by atoms with E-state index in [9.17, 15) is 19.2 Å². The number of imide groups is 2. The van der Waals surface area contributed by atoms with Crippen molar-refractivity contribution in [2.24, 2.45) is 25.6 Å². The number of anilines is 1. The van der Waals surface area contributed by atoms with E-state index in [0.29, 0.717) is 35.5 Å². The van der Waals surface area contributed by atoms with Crippen molar-refractivity contribution in [2.75, 3.05) is 17.2 Å². The third kappa shape index (κ3) is 7.32. The lowest BCUT2D eigenvalue weighted by molar-refractivity contribution is -0.123. The predicted octanol–water partition coefficient (Wildman–Crippen LogP) is 7.16. The number of fused-ring (bicyclic) bond motifs is 4. The van der Waals surface area contributed by atoms with Crippen molar-refractivity contribution in [2.45, 2.75) is 25.9 Å². The molecule has 2 aliphatic heterocycles. The highest BCUT2D eigenvalue weighted by Crippen LogP contribution is 2.40. The van der Waals surface area contributed by atoms with Gasteiger partial charge in [-0.25, -0.2) is 4.90 Å². The van der Waals surface area contributed by atoms with Gasteiger partial charge in [-0.2, -0.15) is 0 Å². The zero-order valence-electron chi connectivity index (χ0n) is 34.8. The van der Waals surface area contributed by atoms with Crippen molar-refractivity contribution < 1.29 is 19.2 Å². The number of aromatic nitrogens is 4. The highest BCUT2D eigenvalue weighted by Gasteiger charge is 2.37. The van der Waals surface area contributed by atoms with Crippen LogP contribution >= 0.6 is 11.8 Å². The van der Waals surface area contributed by atoms with Crippen LogP contribution in [0.4, 0.5) is 5.69 Å². The highest BCUT2D eigenvalue weighted by molar-refractivity contribution is 8.13. The summed E-state index contributed by atoms with van der Waals surface area (Å²) in [6, 6.07) is 31.5. The molecule has 316 valence electrons. The molecule has 0 spiro atoms. The molecule has 6 N–H and O–H groups in total. The van der Waals surface area contributed by atoms with E-state index < -0.39 is 0 Å². The second kappa shape index (κ2) is 16.8. The first-order valence-corrected chi connectivity index (χ1v) is 21.7. The van der Waals surface area contributed by atoms with Crippen LogP contribution in [0.3, 0.4) is 0 Å². The molecule has 2 aliphatic rings. The molecular weight excluding hydrogens is 811 g/mol. The predicted molar refractivity (Wildman–Crippen MR) is 253 cm³/mol. The molecule has 0 atom stereocenters. The number of rotatable bonds is 11. The Kier molecular flexibility index (Phi) is 10.9. The van der Waals surface area contributed by atoms with Gasteiger partial charge >= 0.3 is 0 Å². The molecule has 0 aliphatic carbocycles. The molecule has 0 bridgehead atoms. The maximum absolute atomic E-state index is 13.5. The van der Waals surface area contributed by atoms with E-state index in [1.54, 1.807) is 0 Å². The SMILES string of the molecule is Cn1cc(C2=C(c3cn(CCCN)c4ccccc34)C(=O)NC2=O)c2ccccc21.Cn1cc(C2=CC(=O)N(c3cn(CCCSC(=N)N)c4ccccc34)C2=O)c2ccccc21. The van der Waals surface area contributed by atoms with Crippen LogP contribution < -0.4 is 21.7 Å². The van der Waals surface area contributed by atoms with Gasteiger partial charge in [0.2, 0.25) is 0 Å². The maximum atomic E-state index is 13.5. The van der Waals surface area contributed by atoms with Crippen LogP contribution in [-0.4, -0.2) is 59.4 Å². The topological polar surface area (TPSA) is 179 Å². The molecular formula is C49H45N9O4S. The number of carbonyl (C=O) groups is 4. The first-order valence-electron chi connectivity index (χ1n) is 20.7. The van der Waals surface area contributed by atoms with Crippen LogP contribution in [0.15, 0.2) is 128 Å². The molecule has 0 saturated carbocycles. The number of thioether (sulfide) groups is 1. The van der Waals surface area contributed by atoms with Gasteiger partial charge in [-0.05, 0) is 43.7 Å². The summed E-state index contributed by atoms with van der Waals surface area (Å²) in [6.07, 6.45) is 10.8. The molecule has 8 aromatic rings. The van der Waals surface area contributed by atoms with Gasteiger partial charge in [0, 0.05) is 119 Å². The second-order valence-corrected chi connectivity index (χ2v) is 16.7. The number of aryl methyl sites for hydroxylation is 4. The Morgan fingerprint density at radius 1 is 0.619 bits per heavy atom. The molecule has 4 aromatic heterocycles. The number of amidine groups is 1. The summed E-state index contributed by atoms with van der Waals surface area (Å²) in [5.74, 6) is -0.634. The van der Waals surface area contributed by atoms with Crippen LogP contribution in [0.1, 0.15) is 29.5 Å². The van der Waals surface area contributed by atoms with E-state index in [2.05, 4.69) is 14.5 Å². The van der Waals surface area contributed by atoms with Crippen LogP contribution in [0, 0.1) is 5.41 Å². The van der Waals surface area contributed by atoms with E-state index in [-0.39, 0.29) is 28.8 Å². The van der Waals surface area contributed by atoms with Crippen molar-refractivity contribution in [3.63, 3.8) is 0 Å². The number of nitrogens with zero attached hydrogens (tertiary/aromatic N) is 5. The Bertz CT molecular complexity index is 3250. The Hall–Kier alpha value is -7.42. The molecule has 6 heterocycles. The van der Waals surface area contributed by atoms with E-state index in [1.807, 2.05) is 145 Å². The Morgan fingerprint density at radius 2 is 1.10 bits per heavy atom. The van der Waals surface area contributed by atoms with E-state index in [1.165, 1.54) is 22.7 Å². The molecule has 63 heavy (non-hydrogen) atoms. The number of benzene rings is 4. The summed E-state index contributed by atoms with van der Waals surface area (Å²) in [7, 11) is 3.88. The molecule has 0 unspecified atom stereocenters. The van der Waals surface area contributed by atoms with Crippen molar-refractivity contribution in [3.05, 3.63) is 145 Å². The number of nitrogens with two attached hydrogens (primary N) is 2. The average molecular weight is 856 g/mol. The van der Waals surface area contributed by atoms with Crippen LogP contribution in [0.25, 0.3) is 60.3 Å². The Morgan fingerprint density at radius 3 is 1.70 bits per heavy atom. The third-order valence-corrected chi connectivity index (χ3v) is 12.5. The highest BCUT2D eigenvalue weighted by atomic mass is 32.2. The normalized spacial score (nSPS) is 14.1. The number of nitrogens with one attached hydrogen (secondary N) is 2. The minimum absolute atomic E-state index is 0.105. The first kappa shape index (κ1) is 41.0. The lowest BCUT2D eigenvalue weighted by Gasteiger charge is -2.13. The zero-order chi connectivity index (χ0) is 43.9. The van der Waals surface area contributed by atoms with Crippen LogP contribution in [0.2, 0.25) is 0 Å². The van der Waals surface area contributed by atoms with Crippen molar-refractivity contribution in [1.29, 1.82) is 5.41 Å². The number of amides is 4. The molecule has 14 heteroatoms. The number of hydrogen-bond donors (Lipinski definition) is 4. The summed E-state index contributed by atoms with van der Waals surface area (Å²) in [4.78, 5) is 53.8. The lowest BCUT2D eigenvalue weighted by Crippen LogP contribution is -2.30. The van der Waals surface area contributed by atoms with Crippen molar-refractivity contribution >= 4 is 107 Å². The van der Waals surface area contributed by atoms with Crippen LogP contribution in [-0.2, 0) is 46.4 Å².